The molecular weight excluding hydrogens is 301 g/mol. The first-order chi connectivity index (χ1) is 9.90. The summed E-state index contributed by atoms with van der Waals surface area (Å²) in [4.78, 5) is 22.9. The van der Waals surface area contributed by atoms with Gasteiger partial charge in [-0.2, -0.15) is 13.2 Å². The van der Waals surface area contributed by atoms with Crippen LogP contribution in [0.3, 0.4) is 0 Å². The number of alkyl halides is 3. The van der Waals surface area contributed by atoms with Gasteiger partial charge in [0.2, 0.25) is 0 Å². The summed E-state index contributed by atoms with van der Waals surface area (Å²) < 4.78 is 42.3. The molecule has 0 spiro atoms. The van der Waals surface area contributed by atoms with Crippen LogP contribution in [0, 0.1) is 5.92 Å². The smallest absolute Gasteiger partial charge is 0.416 e. The number of benzene rings is 1. The molecule has 1 unspecified atom stereocenters. The van der Waals surface area contributed by atoms with Crippen LogP contribution in [0.4, 0.5) is 13.2 Å². The lowest BCUT2D eigenvalue weighted by atomic mass is 9.98. The zero-order valence-corrected chi connectivity index (χ0v) is 12.4. The molecule has 0 N–H and O–H groups in total. The van der Waals surface area contributed by atoms with Crippen molar-refractivity contribution < 1.29 is 32.6 Å². The number of carbonyl (C=O) groups is 2. The van der Waals surface area contributed by atoms with Gasteiger partial charge in [0.05, 0.1) is 11.5 Å². The molecular formula is C15H16F3O4-. The van der Waals surface area contributed by atoms with Crippen molar-refractivity contribution in [2.75, 3.05) is 0 Å². The highest BCUT2D eigenvalue weighted by Crippen LogP contribution is 2.29. The highest BCUT2D eigenvalue weighted by molar-refractivity contribution is 5.93. The second-order valence-corrected chi connectivity index (χ2v) is 5.80. The number of rotatable bonds is 4. The third kappa shape index (κ3) is 5.38. The van der Waals surface area contributed by atoms with Crippen molar-refractivity contribution in [2.24, 2.45) is 5.92 Å². The van der Waals surface area contributed by atoms with E-state index in [0.717, 1.165) is 24.3 Å². The van der Waals surface area contributed by atoms with Crippen LogP contribution in [0.2, 0.25) is 0 Å². The van der Waals surface area contributed by atoms with Crippen molar-refractivity contribution in [1.29, 1.82) is 0 Å². The molecule has 7 heteroatoms. The first-order valence-electron chi connectivity index (χ1n) is 6.50. The van der Waals surface area contributed by atoms with Crippen molar-refractivity contribution in [3.05, 3.63) is 35.4 Å². The number of ether oxygens (including phenoxy) is 1. The number of carboxylic acid groups (broad SMARTS) is 1. The standard InChI is InChI=1S/C15H17F3O4/c1-14(2,3)22-13(21)11(12(19)20)8-9-4-6-10(7-5-9)15(16,17)18/h4-7,11H,8H2,1-3H3,(H,19,20)/p-1. The molecule has 0 saturated heterocycles. The highest BCUT2D eigenvalue weighted by atomic mass is 19.4. The zero-order chi connectivity index (χ0) is 17.1. The van der Waals surface area contributed by atoms with Gasteiger partial charge in [-0.1, -0.05) is 12.1 Å². The van der Waals surface area contributed by atoms with E-state index in [-0.39, 0.29) is 12.0 Å². The molecule has 0 fully saturated rings. The highest BCUT2D eigenvalue weighted by Gasteiger charge is 2.30. The number of hydrogen-bond acceptors (Lipinski definition) is 4. The molecule has 0 aromatic heterocycles. The largest absolute Gasteiger partial charge is 0.549 e. The number of hydrogen-bond donors (Lipinski definition) is 0. The summed E-state index contributed by atoms with van der Waals surface area (Å²) in [6.45, 7) is 4.74. The van der Waals surface area contributed by atoms with Gasteiger partial charge in [-0.25, -0.2) is 0 Å². The maximum Gasteiger partial charge on any atom is 0.416 e. The molecule has 0 saturated carbocycles. The van der Waals surface area contributed by atoms with E-state index in [1.54, 1.807) is 20.8 Å². The van der Waals surface area contributed by atoms with Gasteiger partial charge in [-0.05, 0) is 44.9 Å². The van der Waals surface area contributed by atoms with Crippen LogP contribution in [0.1, 0.15) is 31.9 Å². The van der Waals surface area contributed by atoms with Crippen molar-refractivity contribution >= 4 is 11.9 Å². The second kappa shape index (κ2) is 6.37. The van der Waals surface area contributed by atoms with Crippen LogP contribution in [0.15, 0.2) is 24.3 Å². The number of carbonyl (C=O) groups excluding carboxylic acids is 2. The zero-order valence-electron chi connectivity index (χ0n) is 12.4. The Morgan fingerprint density at radius 3 is 2.00 bits per heavy atom. The minimum absolute atomic E-state index is 0.271. The molecule has 1 atom stereocenters. The summed E-state index contributed by atoms with van der Waals surface area (Å²) in [6, 6.07) is 3.92. The quantitative estimate of drug-likeness (QED) is 0.629. The van der Waals surface area contributed by atoms with Gasteiger partial charge in [0.15, 0.2) is 0 Å². The molecule has 0 aliphatic heterocycles. The van der Waals surface area contributed by atoms with Gasteiger partial charge in [0.1, 0.15) is 11.5 Å². The van der Waals surface area contributed by atoms with Crippen molar-refractivity contribution in [1.82, 2.24) is 0 Å². The van der Waals surface area contributed by atoms with E-state index in [0.29, 0.717) is 0 Å². The molecule has 0 radical (unpaired) electrons. The van der Waals surface area contributed by atoms with Gasteiger partial charge in [0.25, 0.3) is 0 Å². The summed E-state index contributed by atoms with van der Waals surface area (Å²) in [5.74, 6) is -4.18. The normalized spacial score (nSPS) is 13.5. The van der Waals surface area contributed by atoms with Crippen molar-refractivity contribution in [3.63, 3.8) is 0 Å². The summed E-state index contributed by atoms with van der Waals surface area (Å²) in [5.41, 5.74) is -1.45. The fraction of sp³-hybridized carbons (Fsp3) is 0.467. The predicted octanol–water partition coefficient (Wildman–Crippen LogP) is 1.96. The SMILES string of the molecule is CC(C)(C)OC(=O)C(Cc1ccc(C(F)(F)F)cc1)C(=O)[O-]. The van der Waals surface area contributed by atoms with Crippen LogP contribution in [-0.2, 0) is 26.9 Å². The molecule has 0 aliphatic rings. The summed E-state index contributed by atoms with van der Waals surface area (Å²) >= 11 is 0. The van der Waals surface area contributed by atoms with Crippen LogP contribution >= 0.6 is 0 Å². The van der Waals surface area contributed by atoms with E-state index in [9.17, 15) is 27.9 Å². The van der Waals surface area contributed by atoms with Gasteiger partial charge >= 0.3 is 12.1 Å². The maximum absolute atomic E-state index is 12.4. The van der Waals surface area contributed by atoms with Crippen molar-refractivity contribution in [2.45, 2.75) is 39.0 Å². The molecule has 0 heterocycles. The molecule has 22 heavy (non-hydrogen) atoms. The molecule has 1 aromatic carbocycles. The van der Waals surface area contributed by atoms with Gasteiger partial charge < -0.3 is 14.6 Å². The van der Waals surface area contributed by atoms with Gasteiger partial charge in [0, 0.05) is 0 Å². The van der Waals surface area contributed by atoms with E-state index >= 15 is 0 Å². The van der Waals surface area contributed by atoms with Crippen LogP contribution in [0.5, 0.6) is 0 Å². The van der Waals surface area contributed by atoms with Gasteiger partial charge in [-0.15, -0.1) is 0 Å². The molecule has 1 aromatic rings. The van der Waals surface area contributed by atoms with E-state index in [1.807, 2.05) is 0 Å². The fourth-order valence-electron chi connectivity index (χ4n) is 1.70. The van der Waals surface area contributed by atoms with E-state index < -0.39 is 35.2 Å². The number of esters is 1. The average Bonchev–Trinajstić information content (AvgIpc) is 2.32. The van der Waals surface area contributed by atoms with Crippen LogP contribution < -0.4 is 5.11 Å². The second-order valence-electron chi connectivity index (χ2n) is 5.80. The first-order valence-corrected chi connectivity index (χ1v) is 6.50. The Bertz CT molecular complexity index is 541. The Labute approximate surface area is 125 Å². The first kappa shape index (κ1) is 18.0. The number of carboxylic acids is 1. The monoisotopic (exact) mass is 317 g/mol. The molecule has 122 valence electrons. The Kier molecular flexibility index (Phi) is 5.22. The number of aliphatic carboxylic acids is 1. The van der Waals surface area contributed by atoms with Crippen molar-refractivity contribution in [3.8, 4) is 0 Å². The minimum Gasteiger partial charge on any atom is -0.549 e. The van der Waals surface area contributed by atoms with Gasteiger partial charge in [-0.3, -0.25) is 4.79 Å². The average molecular weight is 317 g/mol. The summed E-state index contributed by atoms with van der Waals surface area (Å²) in [5, 5.41) is 11.1. The predicted molar refractivity (Wildman–Crippen MR) is 69.5 cm³/mol. The maximum atomic E-state index is 12.4. The summed E-state index contributed by atoms with van der Waals surface area (Å²) in [6.07, 6.45) is -4.77. The summed E-state index contributed by atoms with van der Waals surface area (Å²) in [7, 11) is 0. The Hall–Kier alpha value is -2.05. The third-order valence-electron chi connectivity index (χ3n) is 2.70. The Morgan fingerprint density at radius 2 is 1.64 bits per heavy atom. The lowest BCUT2D eigenvalue weighted by Gasteiger charge is -2.24. The van der Waals surface area contributed by atoms with E-state index in [4.69, 9.17) is 4.74 Å². The van der Waals surface area contributed by atoms with E-state index in [2.05, 4.69) is 0 Å². The Balaban J connectivity index is 2.88. The van der Waals surface area contributed by atoms with E-state index in [1.165, 1.54) is 0 Å². The van der Waals surface area contributed by atoms with Crippen LogP contribution in [0.25, 0.3) is 0 Å². The topological polar surface area (TPSA) is 66.4 Å². The molecule has 1 rings (SSSR count). The lowest BCUT2D eigenvalue weighted by Crippen LogP contribution is -2.41. The van der Waals surface area contributed by atoms with Crippen LogP contribution in [-0.4, -0.2) is 17.5 Å². The molecule has 0 aliphatic carbocycles. The molecule has 0 bridgehead atoms. The third-order valence-corrected chi connectivity index (χ3v) is 2.70. The Morgan fingerprint density at radius 1 is 1.14 bits per heavy atom. The molecule has 4 nitrogen and oxygen atoms in total. The fourth-order valence-corrected chi connectivity index (χ4v) is 1.70. The molecule has 0 amide bonds. The number of halogens is 3. The lowest BCUT2D eigenvalue weighted by molar-refractivity contribution is -0.311. The minimum atomic E-state index is -4.47.